The largest absolute Gasteiger partial charge is 0.444 e. The fraction of sp³-hybridized carbons (Fsp3) is 0.346. The summed E-state index contributed by atoms with van der Waals surface area (Å²) < 4.78 is 7.25. The summed E-state index contributed by atoms with van der Waals surface area (Å²) in [5, 5.41) is 2.32. The van der Waals surface area contributed by atoms with Crippen LogP contribution in [0.25, 0.3) is 33.1 Å². The number of aromatic nitrogens is 3. The Morgan fingerprint density at radius 3 is 2.52 bits per heavy atom. The molecule has 1 fully saturated rings. The average molecular weight is 445 g/mol. The fourth-order valence-electron chi connectivity index (χ4n) is 4.59. The molecule has 0 unspecified atom stereocenters. The lowest BCUT2D eigenvalue weighted by atomic mass is 10.0. The highest BCUT2D eigenvalue weighted by atomic mass is 16.6. The highest BCUT2D eigenvalue weighted by Crippen LogP contribution is 2.31. The van der Waals surface area contributed by atoms with E-state index in [1.807, 2.05) is 39.0 Å². The van der Waals surface area contributed by atoms with Gasteiger partial charge in [-0.15, -0.1) is 0 Å². The van der Waals surface area contributed by atoms with E-state index in [1.165, 1.54) is 5.39 Å². The number of rotatable bonds is 2. The first-order valence-electron chi connectivity index (χ1n) is 11.4. The number of H-pyrrole nitrogens is 1. The minimum Gasteiger partial charge on any atom is -0.444 e. The summed E-state index contributed by atoms with van der Waals surface area (Å²) >= 11 is 0. The second-order valence-electron chi connectivity index (χ2n) is 9.62. The maximum atomic E-state index is 13.0. The molecule has 33 heavy (non-hydrogen) atoms. The molecule has 1 aliphatic heterocycles. The van der Waals surface area contributed by atoms with Crippen molar-refractivity contribution in [1.82, 2.24) is 19.4 Å². The van der Waals surface area contributed by atoms with Crippen LogP contribution in [-0.4, -0.2) is 44.2 Å². The number of pyridine rings is 1. The van der Waals surface area contributed by atoms with Crippen molar-refractivity contribution in [2.45, 2.75) is 45.3 Å². The van der Waals surface area contributed by atoms with Gasteiger partial charge in [-0.1, -0.05) is 36.4 Å². The standard InChI is InChI=1S/C26H28N4O3/c1-26(2,3)33-25(32)29-14-11-20(12-15-29)30-23-22(28-24(30)31)21(10-13-27-23)19-9-8-17-6-4-5-7-18(17)16-19/h4-10,13,16,20H,11-12,14-15H2,1-3H3,(H,28,31). The quantitative estimate of drug-likeness (QED) is 0.466. The molecule has 3 heterocycles. The number of likely N-dealkylation sites (tertiary alicyclic amines) is 1. The van der Waals surface area contributed by atoms with Crippen LogP contribution in [0, 0.1) is 0 Å². The van der Waals surface area contributed by atoms with Crippen LogP contribution in [0.3, 0.4) is 0 Å². The Morgan fingerprint density at radius 2 is 1.79 bits per heavy atom. The number of aromatic amines is 1. The number of carbonyl (C=O) groups is 1. The van der Waals surface area contributed by atoms with E-state index in [1.54, 1.807) is 15.7 Å². The van der Waals surface area contributed by atoms with E-state index >= 15 is 0 Å². The fourth-order valence-corrected chi connectivity index (χ4v) is 4.59. The molecule has 0 saturated carbocycles. The topological polar surface area (TPSA) is 80.2 Å². The van der Waals surface area contributed by atoms with Crippen LogP contribution in [0.2, 0.25) is 0 Å². The Labute approximate surface area is 192 Å². The minimum absolute atomic E-state index is 0.0238. The number of imidazole rings is 1. The molecule has 5 rings (SSSR count). The summed E-state index contributed by atoms with van der Waals surface area (Å²) in [4.78, 5) is 34.7. The van der Waals surface area contributed by atoms with E-state index in [0.29, 0.717) is 31.6 Å². The number of carbonyl (C=O) groups excluding carboxylic acids is 1. The summed E-state index contributed by atoms with van der Waals surface area (Å²) in [6.45, 7) is 6.68. The number of nitrogens with zero attached hydrogens (tertiary/aromatic N) is 3. The molecule has 4 aromatic rings. The third-order valence-corrected chi connectivity index (χ3v) is 6.15. The zero-order valence-electron chi connectivity index (χ0n) is 19.2. The molecule has 170 valence electrons. The molecule has 1 amide bonds. The second kappa shape index (κ2) is 8.06. The lowest BCUT2D eigenvalue weighted by molar-refractivity contribution is 0.0189. The van der Waals surface area contributed by atoms with Crippen molar-refractivity contribution in [2.24, 2.45) is 0 Å². The van der Waals surface area contributed by atoms with Gasteiger partial charge in [-0.3, -0.25) is 4.57 Å². The van der Waals surface area contributed by atoms with E-state index in [9.17, 15) is 9.59 Å². The third-order valence-electron chi connectivity index (χ3n) is 6.15. The first-order chi connectivity index (χ1) is 15.8. The highest BCUT2D eigenvalue weighted by molar-refractivity contribution is 5.94. The van der Waals surface area contributed by atoms with Gasteiger partial charge in [0, 0.05) is 30.9 Å². The van der Waals surface area contributed by atoms with Gasteiger partial charge in [-0.25, -0.2) is 14.6 Å². The first-order valence-corrected chi connectivity index (χ1v) is 11.4. The molecule has 0 atom stereocenters. The molecule has 7 nitrogen and oxygen atoms in total. The molecule has 0 radical (unpaired) electrons. The lowest BCUT2D eigenvalue weighted by Crippen LogP contribution is -2.43. The number of hydrogen-bond donors (Lipinski definition) is 1. The van der Waals surface area contributed by atoms with Crippen molar-refractivity contribution in [3.8, 4) is 11.1 Å². The minimum atomic E-state index is -0.523. The van der Waals surface area contributed by atoms with Gasteiger partial charge in [0.25, 0.3) is 0 Å². The first kappa shape index (κ1) is 21.2. The van der Waals surface area contributed by atoms with Gasteiger partial charge in [0.2, 0.25) is 0 Å². The smallest absolute Gasteiger partial charge is 0.410 e. The maximum Gasteiger partial charge on any atom is 0.410 e. The Bertz CT molecular complexity index is 1390. The Hall–Kier alpha value is -3.61. The predicted octanol–water partition coefficient (Wildman–Crippen LogP) is 5.12. The second-order valence-corrected chi connectivity index (χ2v) is 9.62. The summed E-state index contributed by atoms with van der Waals surface area (Å²) in [7, 11) is 0. The molecule has 0 bridgehead atoms. The van der Waals surface area contributed by atoms with Crippen LogP contribution in [0.15, 0.2) is 59.5 Å². The molecule has 1 saturated heterocycles. The normalized spacial score (nSPS) is 15.3. The van der Waals surface area contributed by atoms with Crippen LogP contribution in [0.5, 0.6) is 0 Å². The summed E-state index contributed by atoms with van der Waals surface area (Å²) in [5.41, 5.74) is 2.70. The summed E-state index contributed by atoms with van der Waals surface area (Å²) in [6.07, 6.45) is 2.80. The van der Waals surface area contributed by atoms with E-state index < -0.39 is 5.60 Å². The van der Waals surface area contributed by atoms with Gasteiger partial charge >= 0.3 is 11.8 Å². The van der Waals surface area contributed by atoms with Gasteiger partial charge in [0.05, 0.1) is 5.52 Å². The van der Waals surface area contributed by atoms with Crippen LogP contribution < -0.4 is 5.69 Å². The molecular formula is C26H28N4O3. The van der Waals surface area contributed by atoms with Crippen LogP contribution in [-0.2, 0) is 4.74 Å². The predicted molar refractivity (Wildman–Crippen MR) is 129 cm³/mol. The zero-order chi connectivity index (χ0) is 23.2. The number of amides is 1. The van der Waals surface area contributed by atoms with Gasteiger partial charge < -0.3 is 14.6 Å². The molecule has 2 aromatic carbocycles. The monoisotopic (exact) mass is 444 g/mol. The van der Waals surface area contributed by atoms with Crippen LogP contribution >= 0.6 is 0 Å². The zero-order valence-corrected chi connectivity index (χ0v) is 19.2. The SMILES string of the molecule is CC(C)(C)OC(=O)N1CCC(n2c(=O)[nH]c3c(-c4ccc5ccccc5c4)ccnc32)CC1. The molecule has 7 heteroatoms. The highest BCUT2D eigenvalue weighted by Gasteiger charge is 2.29. The van der Waals surface area contributed by atoms with E-state index in [4.69, 9.17) is 4.74 Å². The van der Waals surface area contributed by atoms with Crippen molar-refractivity contribution in [3.05, 3.63) is 65.2 Å². The van der Waals surface area contributed by atoms with Gasteiger partial charge in [-0.05, 0) is 62.1 Å². The number of hydrogen-bond acceptors (Lipinski definition) is 4. The number of ether oxygens (including phenoxy) is 1. The summed E-state index contributed by atoms with van der Waals surface area (Å²) in [6, 6.07) is 16.5. The Kier molecular flexibility index (Phi) is 5.19. The van der Waals surface area contributed by atoms with Gasteiger partial charge in [0.15, 0.2) is 5.65 Å². The van der Waals surface area contributed by atoms with Gasteiger partial charge in [0.1, 0.15) is 5.60 Å². The van der Waals surface area contributed by atoms with E-state index in [2.05, 4.69) is 40.3 Å². The molecule has 2 aromatic heterocycles. The molecular weight excluding hydrogens is 416 g/mol. The van der Waals surface area contributed by atoms with Crippen molar-refractivity contribution in [3.63, 3.8) is 0 Å². The number of benzene rings is 2. The van der Waals surface area contributed by atoms with Crippen LogP contribution in [0.4, 0.5) is 4.79 Å². The van der Waals surface area contributed by atoms with E-state index in [-0.39, 0.29) is 17.8 Å². The molecule has 1 N–H and O–H groups in total. The third kappa shape index (κ3) is 4.11. The van der Waals surface area contributed by atoms with Crippen molar-refractivity contribution in [1.29, 1.82) is 0 Å². The maximum absolute atomic E-state index is 13.0. The van der Waals surface area contributed by atoms with Crippen molar-refractivity contribution < 1.29 is 9.53 Å². The number of fused-ring (bicyclic) bond motifs is 2. The Morgan fingerprint density at radius 1 is 1.06 bits per heavy atom. The molecule has 1 aliphatic rings. The lowest BCUT2D eigenvalue weighted by Gasteiger charge is -2.33. The van der Waals surface area contributed by atoms with Crippen molar-refractivity contribution in [2.75, 3.05) is 13.1 Å². The van der Waals surface area contributed by atoms with Gasteiger partial charge in [-0.2, -0.15) is 0 Å². The molecule has 0 aliphatic carbocycles. The van der Waals surface area contributed by atoms with Crippen LogP contribution in [0.1, 0.15) is 39.7 Å². The summed E-state index contributed by atoms with van der Waals surface area (Å²) in [5.74, 6) is 0. The average Bonchev–Trinajstić information content (AvgIpc) is 3.13. The molecule has 0 spiro atoms. The van der Waals surface area contributed by atoms with Crippen molar-refractivity contribution >= 4 is 28.0 Å². The number of nitrogens with one attached hydrogen (secondary N) is 1. The van der Waals surface area contributed by atoms with E-state index in [0.717, 1.165) is 22.0 Å². The number of piperidine rings is 1. The Balaban J connectivity index is 1.44.